The molecule has 0 amide bonds. The van der Waals surface area contributed by atoms with Crippen molar-refractivity contribution in [3.8, 4) is 6.07 Å². The van der Waals surface area contributed by atoms with Gasteiger partial charge in [0, 0.05) is 12.2 Å². The minimum absolute atomic E-state index is 0.119. The number of benzene rings is 2. The standard InChI is InChI=1S/C17H18N2/c1-15(14-18)19(17-10-6-3-7-11-17)13-12-16-8-4-2-5-9-16/h2-11,15H,12-13H2,1H3. The molecular weight excluding hydrogens is 232 g/mol. The lowest BCUT2D eigenvalue weighted by Gasteiger charge is -2.27. The number of para-hydroxylation sites is 1. The third-order valence-electron chi connectivity index (χ3n) is 3.23. The van der Waals surface area contributed by atoms with Crippen molar-refractivity contribution < 1.29 is 0 Å². The second-order valence-electron chi connectivity index (χ2n) is 4.57. The molecule has 0 N–H and O–H groups in total. The molecule has 2 nitrogen and oxygen atoms in total. The molecule has 0 heterocycles. The summed E-state index contributed by atoms with van der Waals surface area (Å²) >= 11 is 0. The Morgan fingerprint density at radius 1 is 1.00 bits per heavy atom. The van der Waals surface area contributed by atoms with Crippen molar-refractivity contribution in [1.29, 1.82) is 5.26 Å². The molecule has 2 rings (SSSR count). The third kappa shape index (κ3) is 3.59. The van der Waals surface area contributed by atoms with Gasteiger partial charge in [-0.25, -0.2) is 0 Å². The largest absolute Gasteiger partial charge is 0.356 e. The molecule has 2 aromatic carbocycles. The Morgan fingerprint density at radius 3 is 2.16 bits per heavy atom. The van der Waals surface area contributed by atoms with E-state index < -0.39 is 0 Å². The number of nitrogens with zero attached hydrogens (tertiary/aromatic N) is 2. The molecule has 0 saturated heterocycles. The highest BCUT2D eigenvalue weighted by atomic mass is 15.2. The van der Waals surface area contributed by atoms with Crippen molar-refractivity contribution in [1.82, 2.24) is 0 Å². The van der Waals surface area contributed by atoms with Gasteiger partial charge < -0.3 is 4.90 Å². The van der Waals surface area contributed by atoms with E-state index in [9.17, 15) is 5.26 Å². The average molecular weight is 250 g/mol. The van der Waals surface area contributed by atoms with Crippen molar-refractivity contribution in [3.63, 3.8) is 0 Å². The van der Waals surface area contributed by atoms with Crippen molar-refractivity contribution in [2.75, 3.05) is 11.4 Å². The Hall–Kier alpha value is -2.27. The first-order valence-corrected chi connectivity index (χ1v) is 6.56. The molecule has 0 aromatic heterocycles. The van der Waals surface area contributed by atoms with E-state index in [2.05, 4.69) is 47.4 Å². The molecule has 0 saturated carbocycles. The molecule has 0 fully saturated rings. The Morgan fingerprint density at radius 2 is 1.58 bits per heavy atom. The lowest BCUT2D eigenvalue weighted by molar-refractivity contribution is 0.733. The zero-order chi connectivity index (χ0) is 13.5. The van der Waals surface area contributed by atoms with Crippen molar-refractivity contribution >= 4 is 5.69 Å². The molecule has 1 unspecified atom stereocenters. The van der Waals surface area contributed by atoms with Crippen molar-refractivity contribution in [2.24, 2.45) is 0 Å². The van der Waals surface area contributed by atoms with Gasteiger partial charge in [0.25, 0.3) is 0 Å². The molecule has 0 aliphatic carbocycles. The van der Waals surface area contributed by atoms with E-state index in [1.54, 1.807) is 0 Å². The predicted molar refractivity (Wildman–Crippen MR) is 79.0 cm³/mol. The number of hydrogen-bond acceptors (Lipinski definition) is 2. The fraction of sp³-hybridized carbons (Fsp3) is 0.235. The van der Waals surface area contributed by atoms with Gasteiger partial charge in [-0.2, -0.15) is 5.26 Å². The Labute approximate surface area is 114 Å². The zero-order valence-electron chi connectivity index (χ0n) is 11.2. The molecule has 2 heteroatoms. The van der Waals surface area contributed by atoms with Crippen molar-refractivity contribution in [3.05, 3.63) is 66.2 Å². The molecule has 96 valence electrons. The maximum absolute atomic E-state index is 9.17. The van der Waals surface area contributed by atoms with Crippen LogP contribution in [0.4, 0.5) is 5.69 Å². The fourth-order valence-electron chi connectivity index (χ4n) is 2.13. The Kier molecular flexibility index (Phi) is 4.58. The van der Waals surface area contributed by atoms with Gasteiger partial charge in [0.1, 0.15) is 6.04 Å². The van der Waals surface area contributed by atoms with Gasteiger partial charge in [-0.3, -0.25) is 0 Å². The van der Waals surface area contributed by atoms with E-state index in [0.29, 0.717) is 0 Å². The maximum atomic E-state index is 9.17. The molecule has 19 heavy (non-hydrogen) atoms. The van der Waals surface area contributed by atoms with Gasteiger partial charge in [0.15, 0.2) is 0 Å². The lowest BCUT2D eigenvalue weighted by Crippen LogP contribution is -2.33. The van der Waals surface area contributed by atoms with E-state index in [1.165, 1.54) is 5.56 Å². The molecule has 1 atom stereocenters. The highest BCUT2D eigenvalue weighted by Crippen LogP contribution is 2.17. The Bertz CT molecular complexity index is 528. The molecule has 0 bridgehead atoms. The molecule has 2 aromatic rings. The predicted octanol–water partition coefficient (Wildman–Crippen LogP) is 3.65. The summed E-state index contributed by atoms with van der Waals surface area (Å²) in [4.78, 5) is 2.15. The third-order valence-corrected chi connectivity index (χ3v) is 3.23. The number of hydrogen-bond donors (Lipinski definition) is 0. The zero-order valence-corrected chi connectivity index (χ0v) is 11.2. The minimum Gasteiger partial charge on any atom is -0.356 e. The molecular formula is C17H18N2. The first kappa shape index (κ1) is 13.2. The summed E-state index contributed by atoms with van der Waals surface area (Å²) in [5.74, 6) is 0. The summed E-state index contributed by atoms with van der Waals surface area (Å²) in [5.41, 5.74) is 2.40. The quantitative estimate of drug-likeness (QED) is 0.810. The van der Waals surface area contributed by atoms with E-state index in [-0.39, 0.29) is 6.04 Å². The first-order chi connectivity index (χ1) is 9.31. The SMILES string of the molecule is CC(C#N)N(CCc1ccccc1)c1ccccc1. The number of nitriles is 1. The van der Waals surface area contributed by atoms with E-state index in [0.717, 1.165) is 18.7 Å². The van der Waals surface area contributed by atoms with Crippen LogP contribution >= 0.6 is 0 Å². The van der Waals surface area contributed by atoms with Crippen LogP contribution in [0.2, 0.25) is 0 Å². The van der Waals surface area contributed by atoms with Gasteiger partial charge in [0.2, 0.25) is 0 Å². The van der Waals surface area contributed by atoms with Crippen LogP contribution in [0.25, 0.3) is 0 Å². The van der Waals surface area contributed by atoms with Crippen LogP contribution in [0, 0.1) is 11.3 Å². The van der Waals surface area contributed by atoms with Crippen LogP contribution < -0.4 is 4.90 Å². The normalized spacial score (nSPS) is 11.6. The first-order valence-electron chi connectivity index (χ1n) is 6.56. The van der Waals surface area contributed by atoms with E-state index in [1.807, 2.05) is 31.2 Å². The van der Waals surface area contributed by atoms with E-state index >= 15 is 0 Å². The summed E-state index contributed by atoms with van der Waals surface area (Å²) in [6.07, 6.45) is 0.946. The van der Waals surface area contributed by atoms with Gasteiger partial charge in [-0.15, -0.1) is 0 Å². The molecule has 0 radical (unpaired) electrons. The summed E-state index contributed by atoms with van der Waals surface area (Å²) in [6.45, 7) is 2.79. The van der Waals surface area contributed by atoms with Crippen LogP contribution in [0.15, 0.2) is 60.7 Å². The summed E-state index contributed by atoms with van der Waals surface area (Å²) < 4.78 is 0. The molecule has 0 aliphatic rings. The highest BCUT2D eigenvalue weighted by molar-refractivity contribution is 5.48. The second kappa shape index (κ2) is 6.61. The topological polar surface area (TPSA) is 27.0 Å². The molecule has 0 aliphatic heterocycles. The van der Waals surface area contributed by atoms with Crippen LogP contribution in [0.1, 0.15) is 12.5 Å². The minimum atomic E-state index is -0.119. The van der Waals surface area contributed by atoms with Crippen LogP contribution in [-0.2, 0) is 6.42 Å². The number of anilines is 1. The van der Waals surface area contributed by atoms with Crippen LogP contribution in [0.5, 0.6) is 0 Å². The smallest absolute Gasteiger partial charge is 0.114 e. The van der Waals surface area contributed by atoms with E-state index in [4.69, 9.17) is 0 Å². The van der Waals surface area contributed by atoms with Gasteiger partial charge in [-0.05, 0) is 31.0 Å². The summed E-state index contributed by atoms with van der Waals surface area (Å²) in [6, 6.07) is 22.7. The van der Waals surface area contributed by atoms with Gasteiger partial charge in [0.05, 0.1) is 6.07 Å². The fourth-order valence-corrected chi connectivity index (χ4v) is 2.13. The summed E-state index contributed by atoms with van der Waals surface area (Å²) in [7, 11) is 0. The summed E-state index contributed by atoms with van der Waals surface area (Å²) in [5, 5.41) is 9.17. The molecule has 0 spiro atoms. The average Bonchev–Trinajstić information content (AvgIpc) is 2.49. The van der Waals surface area contributed by atoms with Crippen LogP contribution in [-0.4, -0.2) is 12.6 Å². The lowest BCUT2D eigenvalue weighted by atomic mass is 10.1. The number of rotatable bonds is 5. The van der Waals surface area contributed by atoms with Crippen molar-refractivity contribution in [2.45, 2.75) is 19.4 Å². The van der Waals surface area contributed by atoms with Gasteiger partial charge >= 0.3 is 0 Å². The Balaban J connectivity index is 2.10. The monoisotopic (exact) mass is 250 g/mol. The maximum Gasteiger partial charge on any atom is 0.114 e. The second-order valence-corrected chi connectivity index (χ2v) is 4.57. The van der Waals surface area contributed by atoms with Gasteiger partial charge in [-0.1, -0.05) is 48.5 Å². The highest BCUT2D eigenvalue weighted by Gasteiger charge is 2.13. The van der Waals surface area contributed by atoms with Crippen LogP contribution in [0.3, 0.4) is 0 Å².